The molecule has 0 atom stereocenters. The summed E-state index contributed by atoms with van der Waals surface area (Å²) in [5.74, 6) is 1.12. The summed E-state index contributed by atoms with van der Waals surface area (Å²) in [6.07, 6.45) is 4.04. The number of hydrogen-bond acceptors (Lipinski definition) is 3. The molecule has 0 bridgehead atoms. The quantitative estimate of drug-likeness (QED) is 0.768. The molecule has 0 unspecified atom stereocenters. The van der Waals surface area contributed by atoms with Gasteiger partial charge in [0.2, 0.25) is 11.8 Å². The lowest BCUT2D eigenvalue weighted by atomic mass is 9.96. The lowest BCUT2D eigenvalue weighted by Gasteiger charge is -2.37. The second-order valence-electron chi connectivity index (χ2n) is 5.95. The standard InChI is InChI=1S/C14H23N3O2/c18-13(11-1-2-11)16-7-9-17(10-8-16)14(19)12-3-5-15-6-4-12/h11-12,15H,1-10H2. The van der Waals surface area contributed by atoms with E-state index in [1.54, 1.807) is 0 Å². The van der Waals surface area contributed by atoms with E-state index in [0.717, 1.165) is 65.0 Å². The Bertz CT molecular complexity index is 354. The van der Waals surface area contributed by atoms with Gasteiger partial charge in [-0.05, 0) is 38.8 Å². The van der Waals surface area contributed by atoms with Crippen molar-refractivity contribution in [3.8, 4) is 0 Å². The summed E-state index contributed by atoms with van der Waals surface area (Å²) in [6.45, 7) is 4.81. The Morgan fingerprint density at radius 2 is 1.16 bits per heavy atom. The summed E-state index contributed by atoms with van der Waals surface area (Å²) in [7, 11) is 0. The molecule has 0 radical (unpaired) electrons. The zero-order valence-electron chi connectivity index (χ0n) is 11.4. The predicted molar refractivity (Wildman–Crippen MR) is 71.5 cm³/mol. The van der Waals surface area contributed by atoms with Crippen molar-refractivity contribution in [1.82, 2.24) is 15.1 Å². The SMILES string of the molecule is O=C(C1CCNCC1)N1CCN(C(=O)C2CC2)CC1. The Kier molecular flexibility index (Phi) is 3.73. The molecule has 106 valence electrons. The molecule has 5 nitrogen and oxygen atoms in total. The molecule has 0 aromatic carbocycles. The molecule has 3 aliphatic rings. The van der Waals surface area contributed by atoms with E-state index in [-0.39, 0.29) is 5.92 Å². The third kappa shape index (κ3) is 2.91. The zero-order valence-corrected chi connectivity index (χ0v) is 11.4. The number of piperidine rings is 1. The molecule has 0 aromatic rings. The molecule has 3 fully saturated rings. The van der Waals surface area contributed by atoms with Crippen molar-refractivity contribution >= 4 is 11.8 Å². The number of nitrogens with one attached hydrogen (secondary N) is 1. The van der Waals surface area contributed by atoms with Crippen LogP contribution in [0.4, 0.5) is 0 Å². The normalized spacial score (nSPS) is 25.5. The van der Waals surface area contributed by atoms with E-state index in [0.29, 0.717) is 17.7 Å². The third-order valence-electron chi connectivity index (χ3n) is 4.52. The third-order valence-corrected chi connectivity index (χ3v) is 4.52. The lowest BCUT2D eigenvalue weighted by Crippen LogP contribution is -2.53. The van der Waals surface area contributed by atoms with Gasteiger partial charge >= 0.3 is 0 Å². The van der Waals surface area contributed by atoms with Gasteiger partial charge in [0.25, 0.3) is 0 Å². The first kappa shape index (κ1) is 12.9. The van der Waals surface area contributed by atoms with E-state index >= 15 is 0 Å². The van der Waals surface area contributed by atoms with Gasteiger partial charge in [0, 0.05) is 38.0 Å². The number of rotatable bonds is 2. The highest BCUT2D eigenvalue weighted by atomic mass is 16.2. The first-order chi connectivity index (χ1) is 9.25. The van der Waals surface area contributed by atoms with Crippen molar-refractivity contribution in [2.75, 3.05) is 39.3 Å². The minimum Gasteiger partial charge on any atom is -0.339 e. The fraction of sp³-hybridized carbons (Fsp3) is 0.857. The fourth-order valence-corrected chi connectivity index (χ4v) is 3.06. The average molecular weight is 265 g/mol. The monoisotopic (exact) mass is 265 g/mol. The molecule has 0 aromatic heterocycles. The summed E-state index contributed by atoms with van der Waals surface area (Å²) >= 11 is 0. The maximum Gasteiger partial charge on any atom is 0.225 e. The highest BCUT2D eigenvalue weighted by Gasteiger charge is 2.36. The van der Waals surface area contributed by atoms with Crippen LogP contribution in [0, 0.1) is 11.8 Å². The fourth-order valence-electron chi connectivity index (χ4n) is 3.06. The number of piperazine rings is 1. The summed E-state index contributed by atoms with van der Waals surface area (Å²) in [6, 6.07) is 0. The van der Waals surface area contributed by atoms with Crippen molar-refractivity contribution < 1.29 is 9.59 Å². The first-order valence-corrected chi connectivity index (χ1v) is 7.54. The maximum atomic E-state index is 12.4. The Balaban J connectivity index is 1.48. The highest BCUT2D eigenvalue weighted by molar-refractivity contribution is 5.82. The molecule has 3 rings (SSSR count). The molecule has 1 N–H and O–H groups in total. The zero-order chi connectivity index (χ0) is 13.2. The van der Waals surface area contributed by atoms with Crippen LogP contribution in [0.1, 0.15) is 25.7 Å². The molecule has 2 saturated heterocycles. The van der Waals surface area contributed by atoms with Crippen LogP contribution >= 0.6 is 0 Å². The maximum absolute atomic E-state index is 12.4. The topological polar surface area (TPSA) is 52.7 Å². The van der Waals surface area contributed by atoms with Crippen LogP contribution in [0.2, 0.25) is 0 Å². The Morgan fingerprint density at radius 1 is 0.737 bits per heavy atom. The van der Waals surface area contributed by atoms with Crippen LogP contribution in [0.5, 0.6) is 0 Å². The Hall–Kier alpha value is -1.10. The molecule has 1 aliphatic carbocycles. The smallest absolute Gasteiger partial charge is 0.225 e. The van der Waals surface area contributed by atoms with Gasteiger partial charge in [0.05, 0.1) is 0 Å². The summed E-state index contributed by atoms with van der Waals surface area (Å²) < 4.78 is 0. The summed E-state index contributed by atoms with van der Waals surface area (Å²) in [5.41, 5.74) is 0. The van der Waals surface area contributed by atoms with Gasteiger partial charge in [-0.2, -0.15) is 0 Å². The summed E-state index contributed by atoms with van der Waals surface area (Å²) in [5, 5.41) is 3.29. The van der Waals surface area contributed by atoms with Gasteiger partial charge in [0.15, 0.2) is 0 Å². The van der Waals surface area contributed by atoms with E-state index in [9.17, 15) is 9.59 Å². The van der Waals surface area contributed by atoms with Crippen molar-refractivity contribution in [2.45, 2.75) is 25.7 Å². The highest BCUT2D eigenvalue weighted by Crippen LogP contribution is 2.31. The number of carbonyl (C=O) groups excluding carboxylic acids is 2. The van der Waals surface area contributed by atoms with Crippen LogP contribution in [-0.2, 0) is 9.59 Å². The van der Waals surface area contributed by atoms with Crippen LogP contribution in [0.25, 0.3) is 0 Å². The lowest BCUT2D eigenvalue weighted by molar-refractivity contribution is -0.143. The van der Waals surface area contributed by atoms with Crippen LogP contribution < -0.4 is 5.32 Å². The number of hydrogen-bond donors (Lipinski definition) is 1. The van der Waals surface area contributed by atoms with Crippen LogP contribution in [0.3, 0.4) is 0 Å². The van der Waals surface area contributed by atoms with E-state index < -0.39 is 0 Å². The predicted octanol–water partition coefficient (Wildman–Crippen LogP) is 0.0668. The largest absolute Gasteiger partial charge is 0.339 e. The first-order valence-electron chi connectivity index (χ1n) is 7.54. The molecular weight excluding hydrogens is 242 g/mol. The number of carbonyl (C=O) groups is 2. The molecule has 5 heteroatoms. The van der Waals surface area contributed by atoms with Crippen molar-refractivity contribution in [2.24, 2.45) is 11.8 Å². The minimum atomic E-state index is 0.201. The molecular formula is C14H23N3O2. The van der Waals surface area contributed by atoms with E-state index in [1.165, 1.54) is 0 Å². The Labute approximate surface area is 114 Å². The van der Waals surface area contributed by atoms with Crippen molar-refractivity contribution in [3.63, 3.8) is 0 Å². The molecule has 1 saturated carbocycles. The van der Waals surface area contributed by atoms with Crippen molar-refractivity contribution in [3.05, 3.63) is 0 Å². The second kappa shape index (κ2) is 5.49. The minimum absolute atomic E-state index is 0.201. The molecule has 2 heterocycles. The molecule has 0 spiro atoms. The summed E-state index contributed by atoms with van der Waals surface area (Å²) in [4.78, 5) is 28.2. The molecule has 2 aliphatic heterocycles. The van der Waals surface area contributed by atoms with Gasteiger partial charge in [-0.25, -0.2) is 0 Å². The number of amides is 2. The van der Waals surface area contributed by atoms with Crippen LogP contribution in [-0.4, -0.2) is 60.9 Å². The molecule has 2 amide bonds. The number of nitrogens with zero attached hydrogens (tertiary/aromatic N) is 2. The van der Waals surface area contributed by atoms with E-state index in [2.05, 4.69) is 5.32 Å². The van der Waals surface area contributed by atoms with E-state index in [4.69, 9.17) is 0 Å². The second-order valence-corrected chi connectivity index (χ2v) is 5.95. The van der Waals surface area contributed by atoms with Gasteiger partial charge in [-0.3, -0.25) is 9.59 Å². The van der Waals surface area contributed by atoms with E-state index in [1.807, 2.05) is 9.80 Å². The Morgan fingerprint density at radius 3 is 1.58 bits per heavy atom. The molecule has 19 heavy (non-hydrogen) atoms. The van der Waals surface area contributed by atoms with Gasteiger partial charge in [-0.15, -0.1) is 0 Å². The van der Waals surface area contributed by atoms with Gasteiger partial charge in [-0.1, -0.05) is 0 Å². The average Bonchev–Trinajstić information content (AvgIpc) is 3.31. The van der Waals surface area contributed by atoms with Gasteiger partial charge in [0.1, 0.15) is 0 Å². The van der Waals surface area contributed by atoms with Gasteiger partial charge < -0.3 is 15.1 Å². The van der Waals surface area contributed by atoms with Crippen molar-refractivity contribution in [1.29, 1.82) is 0 Å². The van der Waals surface area contributed by atoms with Crippen LogP contribution in [0.15, 0.2) is 0 Å².